The first kappa shape index (κ1) is 27.4. The van der Waals surface area contributed by atoms with Crippen LogP contribution in [0.1, 0.15) is 33.5 Å². The molecule has 0 unspecified atom stereocenters. The fourth-order valence-corrected chi connectivity index (χ4v) is 5.52. The number of anilines is 1. The lowest BCUT2D eigenvalue weighted by Crippen LogP contribution is -2.41. The molecule has 5 rings (SSSR count). The van der Waals surface area contributed by atoms with Crippen LogP contribution in [-0.2, 0) is 26.4 Å². The van der Waals surface area contributed by atoms with E-state index >= 15 is 0 Å². The van der Waals surface area contributed by atoms with Crippen molar-refractivity contribution in [1.82, 2.24) is 14.1 Å². The number of aromatic nitrogens is 3. The Hall–Kier alpha value is -4.21. The van der Waals surface area contributed by atoms with Crippen molar-refractivity contribution in [3.63, 3.8) is 0 Å². The van der Waals surface area contributed by atoms with Crippen LogP contribution in [0, 0.1) is 6.92 Å². The molecule has 0 spiro atoms. The average molecular weight is 561 g/mol. The number of nitrogens with zero attached hydrogens (tertiary/aromatic N) is 3. The number of aliphatic hydroxyl groups excluding tert-OH is 1. The van der Waals surface area contributed by atoms with Crippen LogP contribution in [0.5, 0.6) is 5.88 Å². The van der Waals surface area contributed by atoms with Crippen LogP contribution >= 0.6 is 11.6 Å². The molecule has 0 saturated heterocycles. The van der Waals surface area contributed by atoms with Crippen molar-refractivity contribution < 1.29 is 14.6 Å². The molecule has 40 heavy (non-hydrogen) atoms. The fourth-order valence-electron chi connectivity index (χ4n) is 5.19. The summed E-state index contributed by atoms with van der Waals surface area (Å²) < 4.78 is 7.56. The highest BCUT2D eigenvalue weighted by molar-refractivity contribution is 6.36. The van der Waals surface area contributed by atoms with Crippen LogP contribution in [0.3, 0.4) is 0 Å². The average Bonchev–Trinajstić information content (AvgIpc) is 3.43. The number of pyridine rings is 1. The summed E-state index contributed by atoms with van der Waals surface area (Å²) in [6.45, 7) is 1.50. The number of benzene rings is 2. The van der Waals surface area contributed by atoms with Gasteiger partial charge in [0.05, 0.1) is 31.0 Å². The van der Waals surface area contributed by atoms with E-state index in [-0.39, 0.29) is 18.7 Å². The summed E-state index contributed by atoms with van der Waals surface area (Å²) >= 11 is 6.99. The number of hydrogen-bond donors (Lipinski definition) is 2. The molecule has 0 saturated carbocycles. The van der Waals surface area contributed by atoms with Crippen LogP contribution in [-0.4, -0.2) is 38.8 Å². The number of carbonyl (C=O) groups excluding carboxylic acids is 1. The number of amides is 1. The van der Waals surface area contributed by atoms with Crippen molar-refractivity contribution >= 4 is 23.2 Å². The summed E-state index contributed by atoms with van der Waals surface area (Å²) in [5.41, 5.74) is 5.14. The van der Waals surface area contributed by atoms with E-state index < -0.39 is 17.2 Å². The van der Waals surface area contributed by atoms with Gasteiger partial charge in [0.1, 0.15) is 5.56 Å². The predicted octanol–water partition coefficient (Wildman–Crippen LogP) is 3.98. The summed E-state index contributed by atoms with van der Waals surface area (Å²) in [6, 6.07) is 13.3. The van der Waals surface area contributed by atoms with Gasteiger partial charge in [0.25, 0.3) is 11.5 Å². The van der Waals surface area contributed by atoms with E-state index in [1.807, 2.05) is 31.2 Å². The van der Waals surface area contributed by atoms with E-state index in [9.17, 15) is 19.5 Å². The Morgan fingerprint density at radius 3 is 2.60 bits per heavy atom. The largest absolute Gasteiger partial charge is 0.481 e. The zero-order valence-corrected chi connectivity index (χ0v) is 23.2. The second kappa shape index (κ2) is 11.1. The summed E-state index contributed by atoms with van der Waals surface area (Å²) in [4.78, 5) is 42.9. The molecular formula is C30H29ClN4O5. The molecular weight excluding hydrogens is 532 g/mol. The van der Waals surface area contributed by atoms with E-state index in [1.54, 1.807) is 19.2 Å². The van der Waals surface area contributed by atoms with Gasteiger partial charge in [-0.1, -0.05) is 41.9 Å². The maximum absolute atomic E-state index is 13.2. The van der Waals surface area contributed by atoms with Gasteiger partial charge in [-0.3, -0.25) is 18.7 Å². The van der Waals surface area contributed by atoms with Crippen molar-refractivity contribution in [2.24, 2.45) is 7.05 Å². The van der Waals surface area contributed by atoms with Gasteiger partial charge in [0.2, 0.25) is 5.88 Å². The lowest BCUT2D eigenvalue weighted by atomic mass is 9.96. The number of halogens is 1. The van der Waals surface area contributed by atoms with Crippen LogP contribution in [0.2, 0.25) is 5.02 Å². The fraction of sp³-hybridized carbons (Fsp3) is 0.267. The highest BCUT2D eigenvalue weighted by atomic mass is 35.5. The number of nitrogens with one attached hydrogen (secondary N) is 1. The van der Waals surface area contributed by atoms with E-state index in [1.165, 1.54) is 18.8 Å². The van der Waals surface area contributed by atoms with E-state index in [0.29, 0.717) is 16.6 Å². The Balaban J connectivity index is 1.52. The standard InChI is InChI=1S/C30H29ClN4O5/c1-17-19(8-6-12-24(17)32-27(37)23-16-35(13-14-36)30(39)34(2)29(23)38)21-10-5-11-22(26(21)31)25-15-18-7-4-9-20(18)28(33-25)40-3/h5-6,8,10-12,15-16,36H,4,7,9,13-14H2,1-3H3,(H,32,37). The number of rotatable bonds is 7. The Kier molecular flexibility index (Phi) is 7.60. The quantitative estimate of drug-likeness (QED) is 0.353. The third-order valence-electron chi connectivity index (χ3n) is 7.33. The molecule has 1 aliphatic rings. The third-order valence-corrected chi connectivity index (χ3v) is 7.74. The highest BCUT2D eigenvalue weighted by Crippen LogP contribution is 2.40. The van der Waals surface area contributed by atoms with Gasteiger partial charge in [-0.15, -0.1) is 0 Å². The van der Waals surface area contributed by atoms with Gasteiger partial charge in [0.15, 0.2) is 0 Å². The Bertz CT molecular complexity index is 1760. The second-order valence-electron chi connectivity index (χ2n) is 9.71. The van der Waals surface area contributed by atoms with Crippen molar-refractivity contribution in [1.29, 1.82) is 0 Å². The van der Waals surface area contributed by atoms with Crippen LogP contribution in [0.15, 0.2) is 58.3 Å². The van der Waals surface area contributed by atoms with Gasteiger partial charge < -0.3 is 15.2 Å². The topological polar surface area (TPSA) is 115 Å². The number of carbonyl (C=O) groups is 1. The molecule has 10 heteroatoms. The van der Waals surface area contributed by atoms with Crippen molar-refractivity contribution in [2.45, 2.75) is 32.7 Å². The maximum Gasteiger partial charge on any atom is 0.330 e. The first-order chi connectivity index (χ1) is 19.2. The van der Waals surface area contributed by atoms with E-state index in [4.69, 9.17) is 21.3 Å². The molecule has 206 valence electrons. The van der Waals surface area contributed by atoms with Gasteiger partial charge in [-0.25, -0.2) is 9.78 Å². The van der Waals surface area contributed by atoms with Gasteiger partial charge in [-0.05, 0) is 55.0 Å². The summed E-state index contributed by atoms with van der Waals surface area (Å²) in [6.07, 6.45) is 4.16. The minimum absolute atomic E-state index is 0.0401. The molecule has 2 aromatic carbocycles. The van der Waals surface area contributed by atoms with Crippen LogP contribution < -0.4 is 21.3 Å². The first-order valence-corrected chi connectivity index (χ1v) is 13.3. The number of hydrogen-bond acceptors (Lipinski definition) is 6. The molecule has 2 heterocycles. The molecule has 0 fully saturated rings. The van der Waals surface area contributed by atoms with Crippen LogP contribution in [0.4, 0.5) is 5.69 Å². The molecule has 2 aromatic heterocycles. The van der Waals surface area contributed by atoms with Crippen LogP contribution in [0.25, 0.3) is 22.4 Å². The Morgan fingerprint density at radius 1 is 1.12 bits per heavy atom. The van der Waals surface area contributed by atoms with Gasteiger partial charge in [-0.2, -0.15) is 0 Å². The normalized spacial score (nSPS) is 12.3. The number of fused-ring (bicyclic) bond motifs is 1. The zero-order chi connectivity index (χ0) is 28.6. The number of ether oxygens (including phenoxy) is 1. The lowest BCUT2D eigenvalue weighted by molar-refractivity contribution is 0.102. The molecule has 1 aliphatic carbocycles. The molecule has 9 nitrogen and oxygen atoms in total. The number of aryl methyl sites for hydroxylation is 1. The lowest BCUT2D eigenvalue weighted by Gasteiger charge is -2.16. The minimum atomic E-state index is -0.724. The molecule has 0 bridgehead atoms. The molecule has 0 radical (unpaired) electrons. The Morgan fingerprint density at radius 2 is 1.85 bits per heavy atom. The summed E-state index contributed by atoms with van der Waals surface area (Å²) in [7, 11) is 2.92. The monoisotopic (exact) mass is 560 g/mol. The number of aliphatic hydroxyl groups is 1. The van der Waals surface area contributed by atoms with E-state index in [0.717, 1.165) is 61.9 Å². The Labute approximate surface area is 235 Å². The predicted molar refractivity (Wildman–Crippen MR) is 154 cm³/mol. The first-order valence-electron chi connectivity index (χ1n) is 12.9. The molecule has 1 amide bonds. The molecule has 2 N–H and O–H groups in total. The van der Waals surface area contributed by atoms with Crippen molar-refractivity contribution in [3.8, 4) is 28.3 Å². The zero-order valence-electron chi connectivity index (χ0n) is 22.5. The smallest absolute Gasteiger partial charge is 0.330 e. The highest BCUT2D eigenvalue weighted by Gasteiger charge is 2.22. The minimum Gasteiger partial charge on any atom is -0.481 e. The number of methoxy groups -OCH3 is 1. The maximum atomic E-state index is 13.2. The SMILES string of the molecule is COc1nc(-c2cccc(-c3cccc(NC(=O)c4cn(CCO)c(=O)n(C)c4=O)c3C)c2Cl)cc2c1CCC2. The molecule has 4 aromatic rings. The van der Waals surface area contributed by atoms with Gasteiger partial charge >= 0.3 is 5.69 Å². The molecule has 0 atom stereocenters. The second-order valence-corrected chi connectivity index (χ2v) is 10.1. The van der Waals surface area contributed by atoms with Gasteiger partial charge in [0, 0.05) is 35.6 Å². The van der Waals surface area contributed by atoms with Crippen molar-refractivity contribution in [2.75, 3.05) is 19.0 Å². The van der Waals surface area contributed by atoms with Crippen molar-refractivity contribution in [3.05, 3.63) is 96.8 Å². The third kappa shape index (κ3) is 4.82. The summed E-state index contributed by atoms with van der Waals surface area (Å²) in [5, 5.41) is 12.6. The van der Waals surface area contributed by atoms with E-state index in [2.05, 4.69) is 11.4 Å². The summed E-state index contributed by atoms with van der Waals surface area (Å²) in [5.74, 6) is -0.0364. The molecule has 0 aliphatic heterocycles.